The van der Waals surface area contributed by atoms with Gasteiger partial charge in [-0.3, -0.25) is 0 Å². The second-order valence-electron chi connectivity index (χ2n) is 6.71. The number of halogens is 6. The largest absolute Gasteiger partial charge is 0.416 e. The van der Waals surface area contributed by atoms with Crippen LogP contribution in [0.15, 0.2) is 53.6 Å². The number of rotatable bonds is 4. The molecule has 0 amide bonds. The molecule has 0 aliphatic heterocycles. The van der Waals surface area contributed by atoms with Gasteiger partial charge in [-0.1, -0.05) is 19.1 Å². The summed E-state index contributed by atoms with van der Waals surface area (Å²) >= 11 is 0. The van der Waals surface area contributed by atoms with Crippen LogP contribution in [0.3, 0.4) is 0 Å². The van der Waals surface area contributed by atoms with Crippen LogP contribution in [0.25, 0.3) is 22.6 Å². The third kappa shape index (κ3) is 4.46. The lowest BCUT2D eigenvalue weighted by Crippen LogP contribution is -2.11. The molecule has 0 saturated heterocycles. The summed E-state index contributed by atoms with van der Waals surface area (Å²) in [6, 6.07) is 6.63. The van der Waals surface area contributed by atoms with Crippen LogP contribution in [-0.4, -0.2) is 23.7 Å². The molecule has 2 aromatic carbocycles. The zero-order valence-electron chi connectivity index (χ0n) is 16.2. The van der Waals surface area contributed by atoms with E-state index in [0.29, 0.717) is 17.3 Å². The van der Waals surface area contributed by atoms with E-state index >= 15 is 0 Å². The first-order valence-corrected chi connectivity index (χ1v) is 10.5. The molecule has 11 heteroatoms. The quantitative estimate of drug-likeness (QED) is 0.476. The maximum absolute atomic E-state index is 13.1. The van der Waals surface area contributed by atoms with Gasteiger partial charge in [0.2, 0.25) is 0 Å². The number of aromatic nitrogens is 2. The number of nitrogens with zero attached hydrogens (tertiary/aromatic N) is 2. The molecule has 0 spiro atoms. The average molecular weight is 462 g/mol. The van der Waals surface area contributed by atoms with Crippen LogP contribution in [0, 0.1) is 0 Å². The molecule has 4 nitrogen and oxygen atoms in total. The first kappa shape index (κ1) is 22.9. The van der Waals surface area contributed by atoms with Crippen LogP contribution < -0.4 is 0 Å². The zero-order chi connectivity index (χ0) is 23.2. The monoisotopic (exact) mass is 462 g/mol. The Morgan fingerprint density at radius 1 is 0.903 bits per heavy atom. The summed E-state index contributed by atoms with van der Waals surface area (Å²) in [6.45, 7) is 1.31. The standard InChI is InChI=1S/C20H16F6N2O2S/c1-3-31(29,30)17-10-14(20(24,25)26)8-9-15(17)18-27-11-16(28(18)2)12-4-6-13(7-5-12)19(21,22)23/h4-11H,3H2,1-2H3. The molecule has 3 rings (SSSR count). The lowest BCUT2D eigenvalue weighted by Gasteiger charge is -2.14. The predicted octanol–water partition coefficient (Wildman–Crippen LogP) is 5.59. The van der Waals surface area contributed by atoms with Crippen molar-refractivity contribution in [2.45, 2.75) is 24.2 Å². The molecule has 0 fully saturated rings. The SMILES string of the molecule is CCS(=O)(=O)c1cc(C(F)(F)F)ccc1-c1ncc(-c2ccc(C(F)(F)F)cc2)n1C. The van der Waals surface area contributed by atoms with Crippen LogP contribution in [0.2, 0.25) is 0 Å². The molecule has 0 aliphatic carbocycles. The topological polar surface area (TPSA) is 52.0 Å². The van der Waals surface area contributed by atoms with Crippen LogP contribution in [0.1, 0.15) is 18.1 Å². The maximum atomic E-state index is 13.1. The van der Waals surface area contributed by atoms with E-state index in [0.717, 1.165) is 24.3 Å². The highest BCUT2D eigenvalue weighted by Crippen LogP contribution is 2.37. The van der Waals surface area contributed by atoms with Gasteiger partial charge < -0.3 is 4.57 Å². The van der Waals surface area contributed by atoms with Crippen molar-refractivity contribution in [2.75, 3.05) is 5.75 Å². The van der Waals surface area contributed by atoms with E-state index in [1.807, 2.05) is 0 Å². The fourth-order valence-corrected chi connectivity index (χ4v) is 4.17. The van der Waals surface area contributed by atoms with Gasteiger partial charge in [-0.05, 0) is 35.9 Å². The van der Waals surface area contributed by atoms with Gasteiger partial charge in [0, 0.05) is 12.6 Å². The summed E-state index contributed by atoms with van der Waals surface area (Å²) in [5.74, 6) is -0.354. The van der Waals surface area contributed by atoms with E-state index in [-0.39, 0.29) is 11.4 Å². The Labute approximate surface area is 174 Å². The second-order valence-corrected chi connectivity index (χ2v) is 8.96. The minimum atomic E-state index is -4.73. The zero-order valence-corrected chi connectivity index (χ0v) is 17.0. The van der Waals surface area contributed by atoms with E-state index in [2.05, 4.69) is 4.98 Å². The minimum Gasteiger partial charge on any atom is -0.327 e. The molecule has 0 saturated carbocycles. The van der Waals surface area contributed by atoms with Gasteiger partial charge in [0.1, 0.15) is 5.82 Å². The molecule has 3 aromatic rings. The van der Waals surface area contributed by atoms with Crippen molar-refractivity contribution in [3.8, 4) is 22.6 Å². The Kier molecular flexibility index (Phi) is 5.68. The molecule has 0 atom stereocenters. The Morgan fingerprint density at radius 3 is 1.97 bits per heavy atom. The third-order valence-corrected chi connectivity index (χ3v) is 6.53. The molecule has 0 N–H and O–H groups in total. The van der Waals surface area contributed by atoms with Crippen LogP contribution in [-0.2, 0) is 29.2 Å². The third-order valence-electron chi connectivity index (χ3n) is 4.76. The highest BCUT2D eigenvalue weighted by molar-refractivity contribution is 7.91. The summed E-state index contributed by atoms with van der Waals surface area (Å²) in [5, 5.41) is 0. The molecule has 0 unspecified atom stereocenters. The Morgan fingerprint density at radius 2 is 1.45 bits per heavy atom. The Balaban J connectivity index is 2.14. The number of hydrogen-bond donors (Lipinski definition) is 0. The first-order chi connectivity index (χ1) is 14.3. The summed E-state index contributed by atoms with van der Waals surface area (Å²) in [6.07, 6.45) is -7.92. The van der Waals surface area contributed by atoms with Gasteiger partial charge in [0.15, 0.2) is 9.84 Å². The van der Waals surface area contributed by atoms with Crippen LogP contribution >= 0.6 is 0 Å². The van der Waals surface area contributed by atoms with Gasteiger partial charge in [0.25, 0.3) is 0 Å². The maximum Gasteiger partial charge on any atom is 0.416 e. The van der Waals surface area contributed by atoms with Gasteiger partial charge >= 0.3 is 12.4 Å². The Bertz CT molecular complexity index is 1210. The molecule has 0 radical (unpaired) electrons. The van der Waals surface area contributed by atoms with Crippen molar-refractivity contribution < 1.29 is 34.8 Å². The van der Waals surface area contributed by atoms with Crippen molar-refractivity contribution in [3.05, 3.63) is 59.8 Å². The molecule has 0 aliphatic rings. The minimum absolute atomic E-state index is 0.0319. The number of hydrogen-bond acceptors (Lipinski definition) is 3. The summed E-state index contributed by atoms with van der Waals surface area (Å²) in [4.78, 5) is 3.61. The van der Waals surface area contributed by atoms with Crippen LogP contribution in [0.4, 0.5) is 26.3 Å². The van der Waals surface area contributed by atoms with Crippen molar-refractivity contribution in [2.24, 2.45) is 7.05 Å². The molecule has 0 bridgehead atoms. The smallest absolute Gasteiger partial charge is 0.327 e. The highest BCUT2D eigenvalue weighted by Gasteiger charge is 2.33. The van der Waals surface area contributed by atoms with Crippen molar-refractivity contribution in [1.29, 1.82) is 0 Å². The number of benzene rings is 2. The van der Waals surface area contributed by atoms with Crippen LogP contribution in [0.5, 0.6) is 0 Å². The molecular weight excluding hydrogens is 446 g/mol. The predicted molar refractivity (Wildman–Crippen MR) is 102 cm³/mol. The Hall–Kier alpha value is -2.82. The van der Waals surface area contributed by atoms with Gasteiger partial charge in [-0.15, -0.1) is 0 Å². The average Bonchev–Trinajstić information content (AvgIpc) is 3.07. The molecule has 31 heavy (non-hydrogen) atoms. The number of alkyl halides is 6. The number of sulfone groups is 1. The molecular formula is C20H16F6N2O2S. The lowest BCUT2D eigenvalue weighted by molar-refractivity contribution is -0.138. The van der Waals surface area contributed by atoms with E-state index in [4.69, 9.17) is 0 Å². The van der Waals surface area contributed by atoms with E-state index < -0.39 is 44.0 Å². The lowest BCUT2D eigenvalue weighted by atomic mass is 10.1. The van der Waals surface area contributed by atoms with Gasteiger partial charge in [0.05, 0.1) is 33.7 Å². The van der Waals surface area contributed by atoms with Gasteiger partial charge in [-0.2, -0.15) is 26.3 Å². The van der Waals surface area contributed by atoms with E-state index in [9.17, 15) is 34.8 Å². The summed E-state index contributed by atoms with van der Waals surface area (Å²) < 4.78 is 104. The van der Waals surface area contributed by atoms with E-state index in [1.165, 1.54) is 36.9 Å². The molecule has 1 aromatic heterocycles. The van der Waals surface area contributed by atoms with Crippen molar-refractivity contribution in [3.63, 3.8) is 0 Å². The summed E-state index contributed by atoms with van der Waals surface area (Å²) in [5.41, 5.74) is -1.24. The number of imidazole rings is 1. The van der Waals surface area contributed by atoms with E-state index in [1.54, 1.807) is 0 Å². The molecule has 166 valence electrons. The molecule has 1 heterocycles. The van der Waals surface area contributed by atoms with Crippen molar-refractivity contribution in [1.82, 2.24) is 9.55 Å². The normalized spacial score (nSPS) is 12.9. The fraction of sp³-hybridized carbons (Fsp3) is 0.250. The van der Waals surface area contributed by atoms with Gasteiger partial charge in [-0.25, -0.2) is 13.4 Å². The fourth-order valence-electron chi connectivity index (χ4n) is 3.05. The first-order valence-electron chi connectivity index (χ1n) is 8.89. The highest BCUT2D eigenvalue weighted by atomic mass is 32.2. The van der Waals surface area contributed by atoms with Crippen molar-refractivity contribution >= 4 is 9.84 Å². The summed E-state index contributed by atoms with van der Waals surface area (Å²) in [7, 11) is -2.54. The second kappa shape index (κ2) is 7.70.